The Hall–Kier alpha value is -4.83. The van der Waals surface area contributed by atoms with E-state index in [0.29, 0.717) is 28.1 Å². The molecule has 0 spiro atoms. The molecule has 43 heavy (non-hydrogen) atoms. The number of halogens is 4. The van der Waals surface area contributed by atoms with Crippen molar-refractivity contribution in [2.75, 3.05) is 0 Å². The number of carboxylic acid groups (broad SMARTS) is 1. The highest BCUT2D eigenvalue weighted by molar-refractivity contribution is 6.31. The Morgan fingerprint density at radius 1 is 0.977 bits per heavy atom. The van der Waals surface area contributed by atoms with Gasteiger partial charge in [-0.2, -0.15) is 0 Å². The molecule has 1 aromatic heterocycles. The normalized spacial score (nSPS) is 12.2. The van der Waals surface area contributed by atoms with Gasteiger partial charge in [0.2, 0.25) is 0 Å². The van der Waals surface area contributed by atoms with Gasteiger partial charge < -0.3 is 20.1 Å². The van der Waals surface area contributed by atoms with Gasteiger partial charge in [-0.15, -0.1) is 13.2 Å². The first-order valence-corrected chi connectivity index (χ1v) is 13.7. The summed E-state index contributed by atoms with van der Waals surface area (Å²) >= 11 is 6.31. The summed E-state index contributed by atoms with van der Waals surface area (Å²) in [6.07, 6.45) is -3.33. The van der Waals surface area contributed by atoms with Gasteiger partial charge in [-0.3, -0.25) is 4.79 Å². The molecule has 3 N–H and O–H groups in total. The third-order valence-corrected chi connectivity index (χ3v) is 7.05. The molecule has 0 saturated carbocycles. The molecule has 0 aliphatic rings. The molecule has 0 fully saturated rings. The van der Waals surface area contributed by atoms with Crippen molar-refractivity contribution in [3.05, 3.63) is 107 Å². The minimum Gasteiger partial charge on any atom is -0.478 e. The molecule has 1 atom stereocenters. The maximum absolute atomic E-state index is 13.3. The zero-order chi connectivity index (χ0) is 30.7. The molecule has 11 heteroatoms. The van der Waals surface area contributed by atoms with Gasteiger partial charge in [0.1, 0.15) is 11.6 Å². The van der Waals surface area contributed by atoms with Gasteiger partial charge in [0.15, 0.2) is 0 Å². The van der Waals surface area contributed by atoms with Crippen molar-refractivity contribution < 1.29 is 32.6 Å². The quantitative estimate of drug-likeness (QED) is 0.156. The van der Waals surface area contributed by atoms with Gasteiger partial charge in [-0.25, -0.2) is 9.78 Å². The van der Waals surface area contributed by atoms with Crippen LogP contribution in [-0.4, -0.2) is 33.3 Å². The molecule has 5 rings (SSSR count). The number of ether oxygens (including phenoxy) is 1. The van der Waals surface area contributed by atoms with E-state index < -0.39 is 24.0 Å². The highest BCUT2D eigenvalue weighted by atomic mass is 35.5. The third-order valence-electron chi connectivity index (χ3n) is 6.81. The number of aromatic nitrogens is 2. The summed E-state index contributed by atoms with van der Waals surface area (Å²) in [5, 5.41) is 13.5. The van der Waals surface area contributed by atoms with Crippen molar-refractivity contribution in [2.24, 2.45) is 0 Å². The Labute approximate surface area is 249 Å². The van der Waals surface area contributed by atoms with Crippen molar-refractivity contribution in [1.82, 2.24) is 15.3 Å². The van der Waals surface area contributed by atoms with Crippen LogP contribution in [0.1, 0.15) is 52.1 Å². The highest BCUT2D eigenvalue weighted by Gasteiger charge is 2.31. The van der Waals surface area contributed by atoms with Crippen LogP contribution in [0.2, 0.25) is 5.02 Å². The second-order valence-electron chi connectivity index (χ2n) is 9.79. The van der Waals surface area contributed by atoms with Crippen LogP contribution >= 0.6 is 11.6 Å². The van der Waals surface area contributed by atoms with Crippen LogP contribution < -0.4 is 10.1 Å². The van der Waals surface area contributed by atoms with Crippen LogP contribution in [0.15, 0.2) is 84.9 Å². The van der Waals surface area contributed by atoms with Gasteiger partial charge in [0.05, 0.1) is 22.6 Å². The number of benzene rings is 4. The lowest BCUT2D eigenvalue weighted by atomic mass is 9.93. The number of carbonyl (C=O) groups is 2. The minimum atomic E-state index is -4.86. The standard InChI is InChI=1S/C32H25ClF3N3O4/c1-2-6-26(18-7-4-3-5-8-18)39-30(40)19-9-12-22(25(15-19)31(41)42)24-16-20(33)10-13-23(24)29-37-27-14-11-21(17-28(27)38-29)43-32(34,35)36/h3-5,7-17,26H,2,6H2,1H3,(H,37,38)(H,39,40)(H,41,42)/t26-/m1/s1. The zero-order valence-corrected chi connectivity index (χ0v) is 23.5. The van der Waals surface area contributed by atoms with E-state index in [1.807, 2.05) is 37.3 Å². The fourth-order valence-electron chi connectivity index (χ4n) is 4.89. The highest BCUT2D eigenvalue weighted by Crippen LogP contribution is 2.37. The first kappa shape index (κ1) is 29.7. The summed E-state index contributed by atoms with van der Waals surface area (Å²) in [6, 6.07) is 22.1. The number of rotatable bonds is 9. The van der Waals surface area contributed by atoms with Gasteiger partial charge in [-0.1, -0.05) is 61.3 Å². The number of imidazole rings is 1. The number of carboxylic acids is 1. The minimum absolute atomic E-state index is 0.139. The molecule has 0 saturated heterocycles. The molecule has 4 aromatic carbocycles. The topological polar surface area (TPSA) is 104 Å². The average molecular weight is 608 g/mol. The molecule has 0 aliphatic heterocycles. The lowest BCUT2D eigenvalue weighted by molar-refractivity contribution is -0.274. The predicted octanol–water partition coefficient (Wildman–Crippen LogP) is 8.42. The number of aromatic carboxylic acids is 1. The van der Waals surface area contributed by atoms with Gasteiger partial charge >= 0.3 is 12.3 Å². The van der Waals surface area contributed by atoms with Crippen molar-refractivity contribution in [2.45, 2.75) is 32.2 Å². The molecular formula is C32H25ClF3N3O4. The van der Waals surface area contributed by atoms with Gasteiger partial charge in [0.25, 0.3) is 5.91 Å². The molecular weight excluding hydrogens is 583 g/mol. The number of alkyl halides is 3. The number of hydrogen-bond acceptors (Lipinski definition) is 4. The van der Waals surface area contributed by atoms with Gasteiger partial charge in [-0.05, 0) is 65.6 Å². The number of amides is 1. The lowest BCUT2D eigenvalue weighted by Gasteiger charge is -2.19. The third kappa shape index (κ3) is 6.81. The van der Waals surface area contributed by atoms with E-state index in [4.69, 9.17) is 11.6 Å². The van der Waals surface area contributed by atoms with E-state index in [2.05, 4.69) is 20.0 Å². The molecule has 1 heterocycles. The summed E-state index contributed by atoms with van der Waals surface area (Å²) in [7, 11) is 0. The second kappa shape index (κ2) is 12.2. The molecule has 0 unspecified atom stereocenters. The maximum Gasteiger partial charge on any atom is 0.573 e. The van der Waals surface area contributed by atoms with E-state index in [1.165, 1.54) is 24.3 Å². The predicted molar refractivity (Wildman–Crippen MR) is 157 cm³/mol. The van der Waals surface area contributed by atoms with Crippen LogP contribution in [0.25, 0.3) is 33.5 Å². The Balaban J connectivity index is 1.52. The van der Waals surface area contributed by atoms with E-state index >= 15 is 0 Å². The number of aromatic amines is 1. The Morgan fingerprint density at radius 3 is 2.42 bits per heavy atom. The summed E-state index contributed by atoms with van der Waals surface area (Å²) in [5.74, 6) is -1.83. The fraction of sp³-hybridized carbons (Fsp3) is 0.156. The zero-order valence-electron chi connectivity index (χ0n) is 22.7. The van der Waals surface area contributed by atoms with E-state index in [0.717, 1.165) is 24.1 Å². The number of nitrogens with zero attached hydrogens (tertiary/aromatic N) is 1. The SMILES string of the molecule is CCC[C@@H](NC(=O)c1ccc(-c2cc(Cl)ccc2-c2nc3cc(OC(F)(F)F)ccc3[nH]2)c(C(=O)O)c1)c1ccccc1. The molecule has 220 valence electrons. The summed E-state index contributed by atoms with van der Waals surface area (Å²) in [4.78, 5) is 33.2. The molecule has 0 aliphatic carbocycles. The smallest absolute Gasteiger partial charge is 0.478 e. The number of nitrogens with one attached hydrogen (secondary N) is 2. The fourth-order valence-corrected chi connectivity index (χ4v) is 5.06. The summed E-state index contributed by atoms with van der Waals surface area (Å²) in [5.41, 5.74) is 2.75. The summed E-state index contributed by atoms with van der Waals surface area (Å²) < 4.78 is 42.1. The molecule has 0 bridgehead atoms. The van der Waals surface area contributed by atoms with Crippen molar-refractivity contribution in [1.29, 1.82) is 0 Å². The monoisotopic (exact) mass is 607 g/mol. The van der Waals surface area contributed by atoms with Crippen LogP contribution in [0.3, 0.4) is 0 Å². The Bertz CT molecular complexity index is 1810. The van der Waals surface area contributed by atoms with Crippen LogP contribution in [0, 0.1) is 0 Å². The largest absolute Gasteiger partial charge is 0.573 e. The molecule has 5 aromatic rings. The van der Waals surface area contributed by atoms with Crippen molar-refractivity contribution in [3.63, 3.8) is 0 Å². The number of H-pyrrole nitrogens is 1. The first-order valence-electron chi connectivity index (χ1n) is 13.3. The summed E-state index contributed by atoms with van der Waals surface area (Å²) in [6.45, 7) is 2.01. The lowest BCUT2D eigenvalue weighted by Crippen LogP contribution is -2.28. The Kier molecular flexibility index (Phi) is 8.40. The average Bonchev–Trinajstić information content (AvgIpc) is 3.39. The van der Waals surface area contributed by atoms with Crippen LogP contribution in [0.4, 0.5) is 13.2 Å². The van der Waals surface area contributed by atoms with E-state index in [9.17, 15) is 27.9 Å². The van der Waals surface area contributed by atoms with Crippen LogP contribution in [0.5, 0.6) is 5.75 Å². The maximum atomic E-state index is 13.3. The van der Waals surface area contributed by atoms with Crippen molar-refractivity contribution in [3.8, 4) is 28.3 Å². The molecule has 7 nitrogen and oxygen atoms in total. The van der Waals surface area contributed by atoms with E-state index in [1.54, 1.807) is 18.2 Å². The van der Waals surface area contributed by atoms with Crippen molar-refractivity contribution >= 4 is 34.5 Å². The Morgan fingerprint density at radius 2 is 1.72 bits per heavy atom. The molecule has 0 radical (unpaired) electrons. The number of carbonyl (C=O) groups excluding carboxylic acids is 1. The molecule has 1 amide bonds. The number of hydrogen-bond donors (Lipinski definition) is 3. The van der Waals surface area contributed by atoms with Gasteiger partial charge in [0, 0.05) is 22.2 Å². The van der Waals surface area contributed by atoms with Crippen LogP contribution in [-0.2, 0) is 0 Å². The number of fused-ring (bicyclic) bond motifs is 1. The first-order chi connectivity index (χ1) is 20.5. The van der Waals surface area contributed by atoms with E-state index in [-0.39, 0.29) is 34.1 Å². The second-order valence-corrected chi connectivity index (χ2v) is 10.2.